The van der Waals surface area contributed by atoms with Gasteiger partial charge in [-0.05, 0) is 48.9 Å². The number of ether oxygens (including phenoxy) is 2. The lowest BCUT2D eigenvalue weighted by Gasteiger charge is -2.13. The summed E-state index contributed by atoms with van der Waals surface area (Å²) < 4.78 is 15.1. The van der Waals surface area contributed by atoms with Gasteiger partial charge in [0.25, 0.3) is 0 Å². The summed E-state index contributed by atoms with van der Waals surface area (Å²) in [7, 11) is 3.32. The van der Waals surface area contributed by atoms with Gasteiger partial charge in [-0.2, -0.15) is 0 Å². The van der Waals surface area contributed by atoms with Crippen molar-refractivity contribution in [3.8, 4) is 22.8 Å². The van der Waals surface area contributed by atoms with Gasteiger partial charge in [0.15, 0.2) is 0 Å². The van der Waals surface area contributed by atoms with Crippen LogP contribution >= 0.6 is 0 Å². The van der Waals surface area contributed by atoms with Gasteiger partial charge in [-0.25, -0.2) is 14.5 Å². The van der Waals surface area contributed by atoms with Crippen molar-refractivity contribution in [3.63, 3.8) is 0 Å². The number of nitrogens with zero attached hydrogens (tertiary/aromatic N) is 5. The molecule has 166 valence electrons. The van der Waals surface area contributed by atoms with Gasteiger partial charge >= 0.3 is 0 Å². The number of methoxy groups -OCH3 is 2. The molecule has 0 saturated heterocycles. The predicted molar refractivity (Wildman–Crippen MR) is 127 cm³/mol. The minimum absolute atomic E-state index is 0.464. The largest absolute Gasteiger partial charge is 0.496 e. The van der Waals surface area contributed by atoms with Crippen LogP contribution in [0.2, 0.25) is 0 Å². The van der Waals surface area contributed by atoms with Crippen LogP contribution in [0, 0.1) is 6.92 Å². The fourth-order valence-electron chi connectivity index (χ4n) is 3.84. The third-order valence-electron chi connectivity index (χ3n) is 5.57. The zero-order valence-electron chi connectivity index (χ0n) is 18.7. The second-order valence-corrected chi connectivity index (χ2v) is 7.60. The first-order valence-electron chi connectivity index (χ1n) is 10.6. The van der Waals surface area contributed by atoms with Gasteiger partial charge in [0.2, 0.25) is 5.95 Å². The van der Waals surface area contributed by atoms with Crippen molar-refractivity contribution in [1.29, 1.82) is 0 Å². The molecule has 8 heteroatoms. The quantitative estimate of drug-likeness (QED) is 0.395. The van der Waals surface area contributed by atoms with Crippen LogP contribution in [-0.2, 0) is 6.54 Å². The number of benzene rings is 2. The summed E-state index contributed by atoms with van der Waals surface area (Å²) in [4.78, 5) is 8.76. The van der Waals surface area contributed by atoms with Crippen LogP contribution < -0.4 is 14.8 Å². The summed E-state index contributed by atoms with van der Waals surface area (Å²) >= 11 is 0. The molecule has 3 heterocycles. The van der Waals surface area contributed by atoms with Gasteiger partial charge in [-0.3, -0.25) is 0 Å². The Kier molecular flexibility index (Phi) is 5.40. The molecule has 0 aliphatic rings. The smallest absolute Gasteiger partial charge is 0.245 e. The molecule has 1 N–H and O–H groups in total. The Labute approximate surface area is 191 Å². The summed E-state index contributed by atoms with van der Waals surface area (Å²) in [5.74, 6) is 2.93. The molecule has 0 spiro atoms. The first kappa shape index (κ1) is 20.6. The number of hydrogen-bond acceptors (Lipinski definition) is 6. The van der Waals surface area contributed by atoms with Crippen molar-refractivity contribution in [2.24, 2.45) is 0 Å². The lowest BCUT2D eigenvalue weighted by atomic mass is 10.1. The van der Waals surface area contributed by atoms with Crippen LogP contribution in [0.4, 0.5) is 11.6 Å². The Morgan fingerprint density at radius 2 is 1.79 bits per heavy atom. The SMILES string of the molecule is COc1cc(Cn2ccnc2C)ccc1Nc1ncc2ccc(-c3ccccc3OC)n2n1. The third-order valence-corrected chi connectivity index (χ3v) is 5.57. The molecule has 8 nitrogen and oxygen atoms in total. The van der Waals surface area contributed by atoms with Crippen LogP contribution in [0.5, 0.6) is 11.5 Å². The van der Waals surface area contributed by atoms with E-state index in [0.29, 0.717) is 11.7 Å². The van der Waals surface area contributed by atoms with E-state index in [2.05, 4.69) is 25.9 Å². The zero-order chi connectivity index (χ0) is 22.8. The van der Waals surface area contributed by atoms with E-state index in [4.69, 9.17) is 14.6 Å². The minimum Gasteiger partial charge on any atom is -0.496 e. The molecule has 0 atom stereocenters. The molecule has 5 rings (SSSR count). The Morgan fingerprint density at radius 3 is 2.58 bits per heavy atom. The van der Waals surface area contributed by atoms with Gasteiger partial charge in [-0.15, -0.1) is 5.10 Å². The maximum atomic E-state index is 5.64. The highest BCUT2D eigenvalue weighted by atomic mass is 16.5. The van der Waals surface area contributed by atoms with Crippen molar-refractivity contribution in [1.82, 2.24) is 24.1 Å². The molecule has 0 aliphatic heterocycles. The summed E-state index contributed by atoms with van der Waals surface area (Å²) in [6.07, 6.45) is 5.56. The predicted octanol–water partition coefficient (Wildman–Crippen LogP) is 4.71. The van der Waals surface area contributed by atoms with Crippen molar-refractivity contribution < 1.29 is 9.47 Å². The number of fused-ring (bicyclic) bond motifs is 1. The van der Waals surface area contributed by atoms with E-state index >= 15 is 0 Å². The molecule has 0 unspecified atom stereocenters. The van der Waals surface area contributed by atoms with E-state index in [0.717, 1.165) is 46.1 Å². The maximum Gasteiger partial charge on any atom is 0.245 e. The maximum absolute atomic E-state index is 5.64. The molecule has 33 heavy (non-hydrogen) atoms. The molecular weight excluding hydrogens is 416 g/mol. The summed E-state index contributed by atoms with van der Waals surface area (Å²) in [5, 5.41) is 8.02. The molecule has 5 aromatic rings. The van der Waals surface area contributed by atoms with E-state index in [1.54, 1.807) is 26.6 Å². The second kappa shape index (κ2) is 8.66. The molecule has 0 amide bonds. The lowest BCUT2D eigenvalue weighted by molar-refractivity contribution is 0.416. The fraction of sp³-hybridized carbons (Fsp3) is 0.160. The first-order valence-corrected chi connectivity index (χ1v) is 10.6. The zero-order valence-corrected chi connectivity index (χ0v) is 18.7. The molecule has 0 fully saturated rings. The number of rotatable bonds is 7. The topological polar surface area (TPSA) is 78.5 Å². The molecule has 2 aromatic carbocycles. The van der Waals surface area contributed by atoms with E-state index in [9.17, 15) is 0 Å². The van der Waals surface area contributed by atoms with Crippen LogP contribution in [0.25, 0.3) is 16.8 Å². The Bertz CT molecular complexity index is 1420. The van der Waals surface area contributed by atoms with Gasteiger partial charge in [0, 0.05) is 24.5 Å². The highest BCUT2D eigenvalue weighted by Gasteiger charge is 2.13. The highest BCUT2D eigenvalue weighted by molar-refractivity contribution is 5.72. The minimum atomic E-state index is 0.464. The normalized spacial score (nSPS) is 11.0. The number of nitrogens with one attached hydrogen (secondary N) is 1. The lowest BCUT2D eigenvalue weighted by Crippen LogP contribution is -2.05. The van der Waals surface area contributed by atoms with E-state index in [-0.39, 0.29) is 0 Å². The number of aromatic nitrogens is 5. The number of para-hydroxylation sites is 1. The Morgan fingerprint density at radius 1 is 0.939 bits per heavy atom. The summed E-state index contributed by atoms with van der Waals surface area (Å²) in [5.41, 5.74) is 4.67. The van der Waals surface area contributed by atoms with E-state index in [1.165, 1.54) is 0 Å². The van der Waals surface area contributed by atoms with Crippen molar-refractivity contribution in [3.05, 3.63) is 84.6 Å². The van der Waals surface area contributed by atoms with Crippen molar-refractivity contribution >= 4 is 17.2 Å². The van der Waals surface area contributed by atoms with Crippen LogP contribution in [0.3, 0.4) is 0 Å². The van der Waals surface area contributed by atoms with Crippen LogP contribution in [0.15, 0.2) is 73.2 Å². The molecule has 0 radical (unpaired) electrons. The Balaban J connectivity index is 1.46. The number of anilines is 2. The molecular formula is C25H24N6O2. The molecule has 0 saturated carbocycles. The van der Waals surface area contributed by atoms with E-state index < -0.39 is 0 Å². The summed E-state index contributed by atoms with van der Waals surface area (Å²) in [6.45, 7) is 2.71. The second-order valence-electron chi connectivity index (χ2n) is 7.60. The average Bonchev–Trinajstić information content (AvgIpc) is 3.45. The van der Waals surface area contributed by atoms with Gasteiger partial charge in [-0.1, -0.05) is 18.2 Å². The van der Waals surface area contributed by atoms with Crippen LogP contribution in [0.1, 0.15) is 11.4 Å². The third kappa shape index (κ3) is 3.98. The number of imidazole rings is 1. The van der Waals surface area contributed by atoms with Gasteiger partial charge < -0.3 is 19.4 Å². The van der Waals surface area contributed by atoms with Gasteiger partial charge in [0.1, 0.15) is 17.3 Å². The average molecular weight is 441 g/mol. The highest BCUT2D eigenvalue weighted by Crippen LogP contribution is 2.32. The van der Waals surface area contributed by atoms with Crippen molar-refractivity contribution in [2.45, 2.75) is 13.5 Å². The monoisotopic (exact) mass is 440 g/mol. The van der Waals surface area contributed by atoms with Crippen molar-refractivity contribution in [2.75, 3.05) is 19.5 Å². The Hall–Kier alpha value is -4.33. The number of aryl methyl sites for hydroxylation is 1. The number of hydrogen-bond donors (Lipinski definition) is 1. The van der Waals surface area contributed by atoms with Gasteiger partial charge in [0.05, 0.1) is 37.3 Å². The molecule has 0 bridgehead atoms. The van der Waals surface area contributed by atoms with Crippen LogP contribution in [-0.4, -0.2) is 38.4 Å². The van der Waals surface area contributed by atoms with E-state index in [1.807, 2.05) is 66.2 Å². The standard InChI is InChI=1S/C25H24N6O2/c1-17-26-12-13-30(17)16-18-8-10-21(24(14-18)33-3)28-25-27-15-19-9-11-22(31(19)29-25)20-6-4-5-7-23(20)32-2/h4-15H,16H2,1-3H3,(H,28,29). The first-order chi connectivity index (χ1) is 16.2. The molecule has 3 aromatic heterocycles. The summed E-state index contributed by atoms with van der Waals surface area (Å²) in [6, 6.07) is 17.9. The molecule has 0 aliphatic carbocycles. The fourth-order valence-corrected chi connectivity index (χ4v) is 3.84.